The van der Waals surface area contributed by atoms with E-state index in [4.69, 9.17) is 0 Å². The minimum atomic E-state index is -0.0372. The van der Waals surface area contributed by atoms with E-state index in [-0.39, 0.29) is 11.8 Å². The summed E-state index contributed by atoms with van der Waals surface area (Å²) >= 11 is 0. The summed E-state index contributed by atoms with van der Waals surface area (Å²) in [6.45, 7) is 2.37. The number of carbonyl (C=O) groups excluding carboxylic acids is 2. The molecule has 1 aromatic heterocycles. The lowest BCUT2D eigenvalue weighted by Crippen LogP contribution is -2.44. The summed E-state index contributed by atoms with van der Waals surface area (Å²) in [6, 6.07) is 10.2. The number of imidazole rings is 1. The Balaban J connectivity index is 1.36. The molecule has 0 unspecified atom stereocenters. The van der Waals surface area contributed by atoms with Gasteiger partial charge in [-0.2, -0.15) is 5.10 Å². The van der Waals surface area contributed by atoms with Gasteiger partial charge in [0, 0.05) is 57.5 Å². The van der Waals surface area contributed by atoms with Gasteiger partial charge in [0.25, 0.3) is 5.91 Å². The Morgan fingerprint density at radius 2 is 1.89 bits per heavy atom. The molecule has 1 aromatic carbocycles. The van der Waals surface area contributed by atoms with Gasteiger partial charge in [-0.05, 0) is 18.8 Å². The molecule has 2 amide bonds. The molecule has 2 aliphatic heterocycles. The zero-order chi connectivity index (χ0) is 19.5. The first-order chi connectivity index (χ1) is 13.6. The number of hydrogen-bond acceptors (Lipinski definition) is 4. The maximum Gasteiger partial charge on any atom is 0.270 e. The van der Waals surface area contributed by atoms with E-state index < -0.39 is 0 Å². The first-order valence-corrected chi connectivity index (χ1v) is 9.81. The van der Waals surface area contributed by atoms with Crippen LogP contribution in [0.5, 0.6) is 0 Å². The second kappa shape index (κ2) is 7.96. The zero-order valence-electron chi connectivity index (χ0n) is 16.1. The van der Waals surface area contributed by atoms with Crippen LogP contribution in [0, 0.1) is 5.92 Å². The van der Waals surface area contributed by atoms with Crippen molar-refractivity contribution >= 4 is 17.5 Å². The monoisotopic (exact) mass is 379 g/mol. The van der Waals surface area contributed by atoms with E-state index in [0.717, 1.165) is 43.9 Å². The maximum absolute atomic E-state index is 12.7. The van der Waals surface area contributed by atoms with Gasteiger partial charge in [0.1, 0.15) is 11.5 Å². The summed E-state index contributed by atoms with van der Waals surface area (Å²) in [4.78, 5) is 30.7. The van der Waals surface area contributed by atoms with E-state index >= 15 is 0 Å². The summed E-state index contributed by atoms with van der Waals surface area (Å²) in [5, 5.41) is 5.45. The van der Waals surface area contributed by atoms with Crippen molar-refractivity contribution in [1.29, 1.82) is 0 Å². The van der Waals surface area contributed by atoms with Gasteiger partial charge in [-0.3, -0.25) is 9.59 Å². The van der Waals surface area contributed by atoms with Crippen molar-refractivity contribution in [2.45, 2.75) is 32.2 Å². The average Bonchev–Trinajstić information content (AvgIpc) is 3.19. The number of carbonyl (C=O) groups is 2. The van der Waals surface area contributed by atoms with Crippen LogP contribution in [0.25, 0.3) is 11.4 Å². The number of hydrogen-bond donors (Lipinski definition) is 0. The number of piperidine rings is 1. The standard InChI is InChI=1S/C21H25N5O2/c1-24-19(27)8-7-18(23-24)21(28)25-12-9-16(10-13-25)15-26-14-11-22-20(26)17-5-3-2-4-6-17/h2-6,11,14,16H,7-10,12-13,15H2,1H3. The highest BCUT2D eigenvalue weighted by atomic mass is 16.2. The fourth-order valence-electron chi connectivity index (χ4n) is 3.91. The largest absolute Gasteiger partial charge is 0.338 e. The van der Waals surface area contributed by atoms with Crippen molar-refractivity contribution in [1.82, 2.24) is 19.5 Å². The van der Waals surface area contributed by atoms with Crippen LogP contribution in [-0.2, 0) is 16.1 Å². The fourth-order valence-corrected chi connectivity index (χ4v) is 3.91. The van der Waals surface area contributed by atoms with Gasteiger partial charge in [-0.25, -0.2) is 9.99 Å². The summed E-state index contributed by atoms with van der Waals surface area (Å²) in [7, 11) is 1.61. The number of aromatic nitrogens is 2. The average molecular weight is 379 g/mol. The van der Waals surface area contributed by atoms with E-state index in [1.807, 2.05) is 35.5 Å². The summed E-state index contributed by atoms with van der Waals surface area (Å²) < 4.78 is 2.21. The fraction of sp³-hybridized carbons (Fsp3) is 0.429. The Labute approximate surface area is 164 Å². The van der Waals surface area contributed by atoms with Crippen LogP contribution in [0.1, 0.15) is 25.7 Å². The molecule has 0 aliphatic carbocycles. The van der Waals surface area contributed by atoms with Crippen LogP contribution in [-0.4, -0.2) is 57.1 Å². The SMILES string of the molecule is CN1N=C(C(=O)N2CCC(Cn3ccnc3-c3ccccc3)CC2)CCC1=O. The predicted molar refractivity (Wildman–Crippen MR) is 106 cm³/mol. The normalized spacial score (nSPS) is 18.3. The predicted octanol–water partition coefficient (Wildman–Crippen LogP) is 2.40. The molecule has 3 heterocycles. The van der Waals surface area contributed by atoms with Gasteiger partial charge in [0.05, 0.1) is 0 Å². The van der Waals surface area contributed by atoms with E-state index in [1.54, 1.807) is 7.05 Å². The third kappa shape index (κ3) is 3.83. The molecule has 4 rings (SSSR count). The number of nitrogens with zero attached hydrogens (tertiary/aromatic N) is 5. The van der Waals surface area contributed by atoms with Crippen LogP contribution < -0.4 is 0 Å². The minimum Gasteiger partial charge on any atom is -0.338 e. The topological polar surface area (TPSA) is 70.8 Å². The van der Waals surface area contributed by atoms with Gasteiger partial charge in [0.2, 0.25) is 5.91 Å². The molecule has 7 nitrogen and oxygen atoms in total. The summed E-state index contributed by atoms with van der Waals surface area (Å²) in [6.07, 6.45) is 6.60. The number of hydrazone groups is 1. The lowest BCUT2D eigenvalue weighted by atomic mass is 9.96. The van der Waals surface area contributed by atoms with Crippen LogP contribution in [0.2, 0.25) is 0 Å². The maximum atomic E-state index is 12.7. The highest BCUT2D eigenvalue weighted by Crippen LogP contribution is 2.24. The van der Waals surface area contributed by atoms with E-state index in [0.29, 0.717) is 24.5 Å². The second-order valence-corrected chi connectivity index (χ2v) is 7.47. The smallest absolute Gasteiger partial charge is 0.270 e. The van der Waals surface area contributed by atoms with Crippen LogP contribution in [0.15, 0.2) is 47.8 Å². The summed E-state index contributed by atoms with van der Waals surface area (Å²) in [5.74, 6) is 1.44. The first kappa shape index (κ1) is 18.4. The zero-order valence-corrected chi connectivity index (χ0v) is 16.1. The van der Waals surface area contributed by atoms with E-state index in [2.05, 4.69) is 26.8 Å². The van der Waals surface area contributed by atoms with Crippen molar-refractivity contribution in [3.63, 3.8) is 0 Å². The minimum absolute atomic E-state index is 0.0228. The Hall–Kier alpha value is -2.96. The highest BCUT2D eigenvalue weighted by molar-refractivity contribution is 6.39. The van der Waals surface area contributed by atoms with Gasteiger partial charge in [-0.1, -0.05) is 30.3 Å². The quantitative estimate of drug-likeness (QED) is 0.819. The molecule has 2 aromatic rings. The summed E-state index contributed by atoms with van der Waals surface area (Å²) in [5.41, 5.74) is 1.62. The van der Waals surface area contributed by atoms with Gasteiger partial charge in [-0.15, -0.1) is 0 Å². The number of likely N-dealkylation sites (tertiary alicyclic amines) is 1. The van der Waals surface area contributed by atoms with Gasteiger partial charge in [0.15, 0.2) is 0 Å². The van der Waals surface area contributed by atoms with Crippen molar-refractivity contribution in [2.75, 3.05) is 20.1 Å². The molecule has 7 heteroatoms. The first-order valence-electron chi connectivity index (χ1n) is 9.81. The Bertz CT molecular complexity index is 881. The van der Waals surface area contributed by atoms with Crippen molar-refractivity contribution in [3.8, 4) is 11.4 Å². The van der Waals surface area contributed by atoms with Crippen molar-refractivity contribution < 1.29 is 9.59 Å². The van der Waals surface area contributed by atoms with Crippen molar-refractivity contribution in [2.24, 2.45) is 11.0 Å². The molecule has 2 aliphatic rings. The third-order valence-electron chi connectivity index (χ3n) is 5.56. The van der Waals surface area contributed by atoms with E-state index in [1.165, 1.54) is 5.01 Å². The van der Waals surface area contributed by atoms with Crippen LogP contribution in [0.4, 0.5) is 0 Å². The molecule has 1 fully saturated rings. The lowest BCUT2D eigenvalue weighted by molar-refractivity contribution is -0.130. The van der Waals surface area contributed by atoms with Crippen LogP contribution in [0.3, 0.4) is 0 Å². The Morgan fingerprint density at radius 3 is 2.61 bits per heavy atom. The molecule has 0 atom stereocenters. The molecule has 0 bridgehead atoms. The molecule has 1 saturated heterocycles. The van der Waals surface area contributed by atoms with Crippen molar-refractivity contribution in [3.05, 3.63) is 42.7 Å². The lowest BCUT2D eigenvalue weighted by Gasteiger charge is -2.33. The number of rotatable bonds is 4. The van der Waals surface area contributed by atoms with Gasteiger partial charge >= 0.3 is 0 Å². The Kier molecular flexibility index (Phi) is 5.23. The molecular formula is C21H25N5O2. The molecule has 0 spiro atoms. The van der Waals surface area contributed by atoms with E-state index in [9.17, 15) is 9.59 Å². The molecule has 0 radical (unpaired) electrons. The van der Waals surface area contributed by atoms with Gasteiger partial charge < -0.3 is 9.47 Å². The molecule has 0 saturated carbocycles. The highest BCUT2D eigenvalue weighted by Gasteiger charge is 2.29. The molecule has 0 N–H and O–H groups in total. The Morgan fingerprint density at radius 1 is 1.14 bits per heavy atom. The number of amides is 2. The molecule has 146 valence electrons. The van der Waals surface area contributed by atoms with Crippen LogP contribution >= 0.6 is 0 Å². The molecular weight excluding hydrogens is 354 g/mol. The molecule has 28 heavy (non-hydrogen) atoms. The number of benzene rings is 1. The second-order valence-electron chi connectivity index (χ2n) is 7.47. The third-order valence-corrected chi connectivity index (χ3v) is 5.56.